The summed E-state index contributed by atoms with van der Waals surface area (Å²) in [5, 5.41) is 8.56. The zero-order valence-electron chi connectivity index (χ0n) is 22.6. The molecule has 0 unspecified atom stereocenters. The molecule has 12 heteroatoms. The number of fused-ring (bicyclic) bond motifs is 2. The molecule has 0 spiro atoms. The molecule has 0 saturated carbocycles. The molecule has 4 aromatic rings. The predicted molar refractivity (Wildman–Crippen MR) is 153 cm³/mol. The van der Waals surface area contributed by atoms with E-state index in [0.29, 0.717) is 34.6 Å². The summed E-state index contributed by atoms with van der Waals surface area (Å²) >= 11 is 0. The van der Waals surface area contributed by atoms with E-state index in [4.69, 9.17) is 4.74 Å². The van der Waals surface area contributed by atoms with Gasteiger partial charge >= 0.3 is 0 Å². The lowest BCUT2D eigenvalue weighted by atomic mass is 10.1. The van der Waals surface area contributed by atoms with Crippen LogP contribution in [0.1, 0.15) is 32.0 Å². The summed E-state index contributed by atoms with van der Waals surface area (Å²) < 4.78 is 5.37. The minimum Gasteiger partial charge on any atom is -0.482 e. The number of aromatic amines is 1. The first-order chi connectivity index (χ1) is 19.9. The first-order valence-electron chi connectivity index (χ1n) is 13.4. The maximum Gasteiger partial charge on any atom is 0.272 e. The molecule has 210 valence electrons. The third-order valence-corrected chi connectivity index (χ3v) is 7.28. The minimum atomic E-state index is -0.426. The average molecular weight is 555 g/mol. The Morgan fingerprint density at radius 2 is 1.76 bits per heavy atom. The summed E-state index contributed by atoms with van der Waals surface area (Å²) in [4.78, 5) is 53.8. The smallest absolute Gasteiger partial charge is 0.272 e. The maximum atomic E-state index is 13.1. The van der Waals surface area contributed by atoms with Gasteiger partial charge in [-0.05, 0) is 42.4 Å². The zero-order valence-corrected chi connectivity index (χ0v) is 22.6. The number of rotatable bonds is 7. The Bertz CT molecular complexity index is 1630. The molecule has 4 heterocycles. The van der Waals surface area contributed by atoms with Crippen molar-refractivity contribution in [3.8, 4) is 5.75 Å². The van der Waals surface area contributed by atoms with Gasteiger partial charge in [0.15, 0.2) is 12.3 Å². The summed E-state index contributed by atoms with van der Waals surface area (Å²) in [5.74, 6) is -0.375. The Morgan fingerprint density at radius 3 is 2.59 bits per heavy atom. The molecule has 0 aliphatic carbocycles. The van der Waals surface area contributed by atoms with Crippen molar-refractivity contribution in [3.05, 3.63) is 77.4 Å². The van der Waals surface area contributed by atoms with Crippen molar-refractivity contribution in [2.45, 2.75) is 13.1 Å². The van der Waals surface area contributed by atoms with E-state index in [1.165, 1.54) is 12.5 Å². The average Bonchev–Trinajstić information content (AvgIpc) is 3.43. The number of ether oxygens (including phenoxy) is 1. The van der Waals surface area contributed by atoms with E-state index in [1.807, 2.05) is 18.2 Å². The molecule has 1 fully saturated rings. The van der Waals surface area contributed by atoms with Gasteiger partial charge < -0.3 is 35.5 Å². The number of H-pyrrole nitrogens is 1. The Balaban J connectivity index is 1.10. The largest absolute Gasteiger partial charge is 0.482 e. The molecule has 4 N–H and O–H groups in total. The van der Waals surface area contributed by atoms with Crippen LogP contribution in [0.15, 0.2) is 55.0 Å². The number of hydrogen-bond donors (Lipinski definition) is 4. The molecule has 0 radical (unpaired) electrons. The number of piperazine rings is 1. The maximum absolute atomic E-state index is 13.1. The van der Waals surface area contributed by atoms with Gasteiger partial charge in [-0.3, -0.25) is 14.4 Å². The van der Waals surface area contributed by atoms with Crippen LogP contribution in [0.2, 0.25) is 0 Å². The molecule has 12 nitrogen and oxygen atoms in total. The van der Waals surface area contributed by atoms with Gasteiger partial charge in [-0.25, -0.2) is 9.97 Å². The summed E-state index contributed by atoms with van der Waals surface area (Å²) in [7, 11) is 2.13. The quantitative estimate of drug-likeness (QED) is 0.271. The molecular weight excluding hydrogens is 524 g/mol. The van der Waals surface area contributed by atoms with E-state index in [9.17, 15) is 14.4 Å². The Kier molecular flexibility index (Phi) is 7.21. The number of benzene rings is 2. The van der Waals surface area contributed by atoms with Crippen molar-refractivity contribution < 1.29 is 19.1 Å². The SMILES string of the molecule is CN1CCN(c2cccc(CNC(=O)c3c[nH]c4c(C(=O)NCc5ccc6c(c5)NC(=O)CO6)ncnc34)c2)CC1. The summed E-state index contributed by atoms with van der Waals surface area (Å²) in [6.07, 6.45) is 2.81. The molecule has 2 aliphatic rings. The minimum absolute atomic E-state index is 0.0208. The van der Waals surface area contributed by atoms with Crippen molar-refractivity contribution in [2.24, 2.45) is 0 Å². The van der Waals surface area contributed by atoms with Crippen LogP contribution in [0.3, 0.4) is 0 Å². The summed E-state index contributed by atoms with van der Waals surface area (Å²) in [5.41, 5.74) is 4.67. The standard InChI is InChI=1S/C29H30N8O4/c1-36-7-9-37(10-8-36)20-4-2-3-18(11-20)13-31-28(39)21-15-30-26-25(21)33-17-34-27(26)29(40)32-14-19-5-6-23-22(12-19)35-24(38)16-41-23/h2-6,11-12,15,17,30H,7-10,13-14,16H2,1H3,(H,31,39)(H,32,40)(H,35,38). The third-order valence-electron chi connectivity index (χ3n) is 7.28. The Morgan fingerprint density at radius 1 is 0.976 bits per heavy atom. The Hall–Kier alpha value is -4.97. The van der Waals surface area contributed by atoms with Crippen LogP contribution < -0.4 is 25.6 Å². The molecule has 2 aliphatic heterocycles. The highest BCUT2D eigenvalue weighted by Crippen LogP contribution is 2.28. The van der Waals surface area contributed by atoms with Crippen molar-refractivity contribution >= 4 is 40.1 Å². The molecule has 3 amide bonds. The second-order valence-corrected chi connectivity index (χ2v) is 10.1. The van der Waals surface area contributed by atoms with Crippen molar-refractivity contribution in [1.29, 1.82) is 0 Å². The molecule has 6 rings (SSSR count). The topological polar surface area (TPSA) is 145 Å². The van der Waals surface area contributed by atoms with Gasteiger partial charge in [0.25, 0.3) is 17.7 Å². The van der Waals surface area contributed by atoms with Crippen LogP contribution in [0.4, 0.5) is 11.4 Å². The van der Waals surface area contributed by atoms with Crippen LogP contribution in [-0.4, -0.2) is 77.4 Å². The van der Waals surface area contributed by atoms with Crippen molar-refractivity contribution in [2.75, 3.05) is 50.1 Å². The van der Waals surface area contributed by atoms with Crippen LogP contribution >= 0.6 is 0 Å². The second kappa shape index (κ2) is 11.3. The monoisotopic (exact) mass is 554 g/mol. The Labute approximate surface area is 236 Å². The lowest BCUT2D eigenvalue weighted by Crippen LogP contribution is -2.44. The highest BCUT2D eigenvalue weighted by atomic mass is 16.5. The molecule has 2 aromatic heterocycles. The molecule has 41 heavy (non-hydrogen) atoms. The number of likely N-dealkylation sites (N-methyl/N-ethyl adjacent to an activating group) is 1. The fourth-order valence-corrected chi connectivity index (χ4v) is 5.00. The van der Waals surface area contributed by atoms with Crippen LogP contribution in [0.5, 0.6) is 5.75 Å². The number of amides is 3. The van der Waals surface area contributed by atoms with E-state index in [-0.39, 0.29) is 30.7 Å². The fourth-order valence-electron chi connectivity index (χ4n) is 5.00. The number of aromatic nitrogens is 3. The molecule has 1 saturated heterocycles. The van der Waals surface area contributed by atoms with Gasteiger partial charge in [0.1, 0.15) is 17.6 Å². The van der Waals surface area contributed by atoms with E-state index in [2.05, 4.69) is 59.9 Å². The highest BCUT2D eigenvalue weighted by molar-refractivity contribution is 6.10. The van der Waals surface area contributed by atoms with Gasteiger partial charge in [0, 0.05) is 51.2 Å². The number of carbonyl (C=O) groups excluding carboxylic acids is 3. The van der Waals surface area contributed by atoms with E-state index < -0.39 is 5.91 Å². The van der Waals surface area contributed by atoms with E-state index >= 15 is 0 Å². The molecular formula is C29H30N8O4. The first-order valence-corrected chi connectivity index (χ1v) is 13.4. The number of hydrogen-bond acceptors (Lipinski definition) is 8. The van der Waals surface area contributed by atoms with Gasteiger partial charge in [-0.2, -0.15) is 0 Å². The molecule has 2 aromatic carbocycles. The van der Waals surface area contributed by atoms with Crippen molar-refractivity contribution in [1.82, 2.24) is 30.5 Å². The molecule has 0 atom stereocenters. The lowest BCUT2D eigenvalue weighted by Gasteiger charge is -2.34. The normalized spacial score (nSPS) is 15.1. The fraction of sp³-hybridized carbons (Fsp3) is 0.276. The van der Waals surface area contributed by atoms with Gasteiger partial charge in [-0.1, -0.05) is 18.2 Å². The highest BCUT2D eigenvalue weighted by Gasteiger charge is 2.21. The third kappa shape index (κ3) is 5.68. The van der Waals surface area contributed by atoms with Gasteiger partial charge in [0.05, 0.1) is 16.8 Å². The van der Waals surface area contributed by atoms with Crippen LogP contribution in [0, 0.1) is 0 Å². The number of nitrogens with one attached hydrogen (secondary N) is 4. The summed E-state index contributed by atoms with van der Waals surface area (Å²) in [6, 6.07) is 13.5. The zero-order chi connectivity index (χ0) is 28.3. The first kappa shape index (κ1) is 26.3. The number of carbonyl (C=O) groups is 3. The predicted octanol–water partition coefficient (Wildman–Crippen LogP) is 1.90. The van der Waals surface area contributed by atoms with E-state index in [0.717, 1.165) is 43.0 Å². The van der Waals surface area contributed by atoms with Crippen molar-refractivity contribution in [3.63, 3.8) is 0 Å². The van der Waals surface area contributed by atoms with Gasteiger partial charge in [-0.15, -0.1) is 0 Å². The molecule has 0 bridgehead atoms. The lowest BCUT2D eigenvalue weighted by molar-refractivity contribution is -0.118. The summed E-state index contributed by atoms with van der Waals surface area (Å²) in [6.45, 7) is 4.52. The van der Waals surface area contributed by atoms with Gasteiger partial charge in [0.2, 0.25) is 0 Å². The number of anilines is 2. The van der Waals surface area contributed by atoms with Crippen LogP contribution in [-0.2, 0) is 17.9 Å². The van der Waals surface area contributed by atoms with Crippen LogP contribution in [0.25, 0.3) is 11.0 Å². The second-order valence-electron chi connectivity index (χ2n) is 10.1. The number of nitrogens with zero attached hydrogens (tertiary/aromatic N) is 4. The van der Waals surface area contributed by atoms with E-state index in [1.54, 1.807) is 12.1 Å².